The van der Waals surface area contributed by atoms with Gasteiger partial charge in [0.05, 0.1) is 0 Å². The molecular weight excluding hydrogens is 253 g/mol. The standard InChI is InChI=1S/C16H28FN3/c1-13-6-7-14(12-15(13)17)16(18-2)8-9-20(5)11-10-19(3)4/h6-7,12,16,18H,8-11H2,1-5H3. The van der Waals surface area contributed by atoms with E-state index in [4.69, 9.17) is 0 Å². The summed E-state index contributed by atoms with van der Waals surface area (Å²) in [5.41, 5.74) is 1.73. The van der Waals surface area contributed by atoms with E-state index >= 15 is 0 Å². The third-order valence-corrected chi connectivity index (χ3v) is 3.68. The predicted molar refractivity (Wildman–Crippen MR) is 83.6 cm³/mol. The lowest BCUT2D eigenvalue weighted by Gasteiger charge is -2.23. The zero-order chi connectivity index (χ0) is 15.1. The Balaban J connectivity index is 2.52. The highest BCUT2D eigenvalue weighted by atomic mass is 19.1. The number of rotatable bonds is 8. The van der Waals surface area contributed by atoms with E-state index in [9.17, 15) is 4.39 Å². The summed E-state index contributed by atoms with van der Waals surface area (Å²) in [4.78, 5) is 4.50. The normalized spacial score (nSPS) is 13.2. The van der Waals surface area contributed by atoms with Crippen molar-refractivity contribution in [2.45, 2.75) is 19.4 Å². The van der Waals surface area contributed by atoms with Crippen molar-refractivity contribution < 1.29 is 4.39 Å². The average molecular weight is 281 g/mol. The van der Waals surface area contributed by atoms with Crippen LogP contribution in [0.4, 0.5) is 4.39 Å². The summed E-state index contributed by atoms with van der Waals surface area (Å²) in [5, 5.41) is 3.28. The van der Waals surface area contributed by atoms with Crippen LogP contribution in [0.3, 0.4) is 0 Å². The van der Waals surface area contributed by atoms with Crippen LogP contribution in [0.15, 0.2) is 18.2 Å². The van der Waals surface area contributed by atoms with E-state index in [0.29, 0.717) is 5.56 Å². The van der Waals surface area contributed by atoms with Crippen LogP contribution in [0.5, 0.6) is 0 Å². The molecule has 20 heavy (non-hydrogen) atoms. The fourth-order valence-corrected chi connectivity index (χ4v) is 2.14. The van der Waals surface area contributed by atoms with E-state index in [1.54, 1.807) is 13.0 Å². The number of hydrogen-bond donors (Lipinski definition) is 1. The van der Waals surface area contributed by atoms with Crippen LogP contribution < -0.4 is 5.32 Å². The molecule has 1 atom stereocenters. The van der Waals surface area contributed by atoms with Crippen molar-refractivity contribution in [2.24, 2.45) is 0 Å². The molecule has 4 heteroatoms. The van der Waals surface area contributed by atoms with Crippen LogP contribution in [-0.4, -0.2) is 57.6 Å². The number of benzene rings is 1. The molecule has 0 amide bonds. The van der Waals surface area contributed by atoms with E-state index in [1.165, 1.54) is 0 Å². The van der Waals surface area contributed by atoms with Gasteiger partial charge in [-0.15, -0.1) is 0 Å². The van der Waals surface area contributed by atoms with Gasteiger partial charge in [0.15, 0.2) is 0 Å². The van der Waals surface area contributed by atoms with Crippen LogP contribution in [0, 0.1) is 12.7 Å². The van der Waals surface area contributed by atoms with Gasteiger partial charge in [0.1, 0.15) is 5.82 Å². The molecule has 1 unspecified atom stereocenters. The fourth-order valence-electron chi connectivity index (χ4n) is 2.14. The zero-order valence-corrected chi connectivity index (χ0v) is 13.4. The molecule has 0 saturated carbocycles. The lowest BCUT2D eigenvalue weighted by atomic mass is 10.0. The largest absolute Gasteiger partial charge is 0.313 e. The molecule has 0 spiro atoms. The minimum atomic E-state index is -0.122. The van der Waals surface area contributed by atoms with E-state index < -0.39 is 0 Å². The highest BCUT2D eigenvalue weighted by Crippen LogP contribution is 2.19. The Hall–Kier alpha value is -0.970. The molecule has 0 fully saturated rings. The summed E-state index contributed by atoms with van der Waals surface area (Å²) in [7, 11) is 8.23. The molecule has 0 saturated heterocycles. The van der Waals surface area contributed by atoms with Crippen molar-refractivity contribution in [3.63, 3.8) is 0 Å². The molecule has 0 aromatic heterocycles. The molecule has 0 aliphatic rings. The average Bonchev–Trinajstić information content (AvgIpc) is 2.41. The first kappa shape index (κ1) is 17.1. The number of halogens is 1. The molecular formula is C16H28FN3. The van der Waals surface area contributed by atoms with E-state index in [-0.39, 0.29) is 11.9 Å². The Morgan fingerprint density at radius 3 is 2.40 bits per heavy atom. The number of nitrogens with one attached hydrogen (secondary N) is 1. The molecule has 0 aliphatic heterocycles. The Morgan fingerprint density at radius 1 is 1.15 bits per heavy atom. The number of likely N-dealkylation sites (N-methyl/N-ethyl adjacent to an activating group) is 2. The summed E-state index contributed by atoms with van der Waals surface area (Å²) in [6, 6.07) is 5.72. The van der Waals surface area contributed by atoms with Crippen molar-refractivity contribution in [2.75, 3.05) is 47.8 Å². The van der Waals surface area contributed by atoms with E-state index in [1.807, 2.05) is 19.2 Å². The van der Waals surface area contributed by atoms with E-state index in [2.05, 4.69) is 36.3 Å². The van der Waals surface area contributed by atoms with Crippen LogP contribution in [0.25, 0.3) is 0 Å². The summed E-state index contributed by atoms with van der Waals surface area (Å²) in [6.07, 6.45) is 0.975. The Labute approximate surface area is 122 Å². The fraction of sp³-hybridized carbons (Fsp3) is 0.625. The molecule has 0 bridgehead atoms. The number of nitrogens with zero attached hydrogens (tertiary/aromatic N) is 2. The maximum atomic E-state index is 13.6. The first-order valence-corrected chi connectivity index (χ1v) is 7.20. The lowest BCUT2D eigenvalue weighted by Crippen LogP contribution is -2.31. The van der Waals surface area contributed by atoms with Gasteiger partial charge in [0, 0.05) is 19.1 Å². The summed E-state index contributed by atoms with van der Waals surface area (Å²) >= 11 is 0. The van der Waals surface area contributed by atoms with Crippen molar-refractivity contribution in [3.8, 4) is 0 Å². The van der Waals surface area contributed by atoms with Crippen LogP contribution in [0.2, 0.25) is 0 Å². The second kappa shape index (κ2) is 8.35. The zero-order valence-electron chi connectivity index (χ0n) is 13.4. The quantitative estimate of drug-likeness (QED) is 0.788. The van der Waals surface area contributed by atoms with Crippen LogP contribution in [0.1, 0.15) is 23.6 Å². The van der Waals surface area contributed by atoms with E-state index in [0.717, 1.165) is 31.6 Å². The summed E-state index contributed by atoms with van der Waals surface area (Å²) in [6.45, 7) is 4.89. The van der Waals surface area contributed by atoms with Crippen molar-refractivity contribution in [1.29, 1.82) is 0 Å². The van der Waals surface area contributed by atoms with Gasteiger partial charge < -0.3 is 15.1 Å². The van der Waals surface area contributed by atoms with Gasteiger partial charge >= 0.3 is 0 Å². The maximum Gasteiger partial charge on any atom is 0.126 e. The molecule has 114 valence electrons. The van der Waals surface area contributed by atoms with Gasteiger partial charge in [-0.1, -0.05) is 12.1 Å². The topological polar surface area (TPSA) is 18.5 Å². The number of hydrogen-bond acceptors (Lipinski definition) is 3. The minimum absolute atomic E-state index is 0.122. The SMILES string of the molecule is CNC(CCN(C)CCN(C)C)c1ccc(C)c(F)c1. The first-order chi connectivity index (χ1) is 9.43. The molecule has 1 aromatic carbocycles. The maximum absolute atomic E-state index is 13.6. The molecule has 3 nitrogen and oxygen atoms in total. The van der Waals surface area contributed by atoms with Gasteiger partial charge in [-0.3, -0.25) is 0 Å². The Bertz CT molecular complexity index is 407. The Morgan fingerprint density at radius 2 is 1.85 bits per heavy atom. The second-order valence-electron chi connectivity index (χ2n) is 5.75. The minimum Gasteiger partial charge on any atom is -0.313 e. The molecule has 1 aromatic rings. The molecule has 1 N–H and O–H groups in total. The first-order valence-electron chi connectivity index (χ1n) is 7.20. The molecule has 0 radical (unpaired) electrons. The van der Waals surface area contributed by atoms with Gasteiger partial charge in [0.2, 0.25) is 0 Å². The third kappa shape index (κ3) is 5.57. The van der Waals surface area contributed by atoms with Gasteiger partial charge in [-0.2, -0.15) is 0 Å². The monoisotopic (exact) mass is 281 g/mol. The predicted octanol–water partition coefficient (Wildman–Crippen LogP) is 2.28. The smallest absolute Gasteiger partial charge is 0.126 e. The van der Waals surface area contributed by atoms with Crippen LogP contribution in [-0.2, 0) is 0 Å². The number of aryl methyl sites for hydroxylation is 1. The highest BCUT2D eigenvalue weighted by molar-refractivity contribution is 5.25. The molecule has 1 rings (SSSR count). The van der Waals surface area contributed by atoms with Crippen molar-refractivity contribution in [3.05, 3.63) is 35.1 Å². The van der Waals surface area contributed by atoms with Crippen LogP contribution >= 0.6 is 0 Å². The summed E-state index contributed by atoms with van der Waals surface area (Å²) < 4.78 is 13.6. The lowest BCUT2D eigenvalue weighted by molar-refractivity contribution is 0.270. The van der Waals surface area contributed by atoms with Gasteiger partial charge in [0.25, 0.3) is 0 Å². The molecule has 0 aliphatic carbocycles. The highest BCUT2D eigenvalue weighted by Gasteiger charge is 2.12. The third-order valence-electron chi connectivity index (χ3n) is 3.68. The summed E-state index contributed by atoms with van der Waals surface area (Å²) in [5.74, 6) is -0.122. The van der Waals surface area contributed by atoms with Gasteiger partial charge in [-0.05, 0) is 65.3 Å². The second-order valence-corrected chi connectivity index (χ2v) is 5.75. The van der Waals surface area contributed by atoms with Gasteiger partial charge in [-0.25, -0.2) is 4.39 Å². The Kier molecular flexibility index (Phi) is 7.13. The van der Waals surface area contributed by atoms with Crippen molar-refractivity contribution in [1.82, 2.24) is 15.1 Å². The van der Waals surface area contributed by atoms with Crippen molar-refractivity contribution >= 4 is 0 Å². The molecule has 0 heterocycles.